The van der Waals surface area contributed by atoms with E-state index in [0.29, 0.717) is 29.2 Å². The second kappa shape index (κ2) is 8.70. The highest BCUT2D eigenvalue weighted by molar-refractivity contribution is 9.10. The van der Waals surface area contributed by atoms with Crippen molar-refractivity contribution in [1.29, 1.82) is 0 Å². The Kier molecular flexibility index (Phi) is 6.19. The molecule has 160 valence electrons. The summed E-state index contributed by atoms with van der Waals surface area (Å²) in [6.07, 6.45) is 4.75. The van der Waals surface area contributed by atoms with Gasteiger partial charge in [-0.3, -0.25) is 9.30 Å². The number of anilines is 3. The van der Waals surface area contributed by atoms with Crippen molar-refractivity contribution >= 4 is 52.3 Å². The molecule has 1 N–H and O–H groups in total. The summed E-state index contributed by atoms with van der Waals surface area (Å²) in [5.41, 5.74) is 2.31. The van der Waals surface area contributed by atoms with Crippen LogP contribution in [0.5, 0.6) is 0 Å². The van der Waals surface area contributed by atoms with E-state index in [4.69, 9.17) is 4.74 Å². The zero-order chi connectivity index (χ0) is 20.0. The minimum absolute atomic E-state index is 0. The normalized spacial score (nSPS) is 20.1. The number of hydrogen-bond acceptors (Lipinski definition) is 6. The van der Waals surface area contributed by atoms with E-state index in [1.807, 2.05) is 18.3 Å². The van der Waals surface area contributed by atoms with Gasteiger partial charge in [0, 0.05) is 36.3 Å². The topological polar surface area (TPSA) is 57.9 Å². The van der Waals surface area contributed by atoms with Crippen molar-refractivity contribution in [3.05, 3.63) is 47.2 Å². The Morgan fingerprint density at radius 1 is 1.20 bits per heavy atom. The Hall–Kier alpha value is -1.88. The van der Waals surface area contributed by atoms with Crippen molar-refractivity contribution in [1.82, 2.24) is 19.3 Å². The van der Waals surface area contributed by atoms with Crippen molar-refractivity contribution in [3.63, 3.8) is 0 Å². The lowest BCUT2D eigenvalue weighted by Gasteiger charge is -2.46. The van der Waals surface area contributed by atoms with Gasteiger partial charge >= 0.3 is 0 Å². The standard InChI is InChI=1S/C20H22BrFN6O.H2S/c1-13-9-26(16-11-29-12-16)4-5-27(13)15-2-3-19(23-7-15)25-17-6-14(21)10-28-18(22)8-24-20(17)28;/h2-3,6-8,10,13,16H,4-5,9,11-12H2,1H3,(H,23,25);1H2/t13-;/m0./s1. The zero-order valence-electron chi connectivity index (χ0n) is 16.6. The maximum Gasteiger partial charge on any atom is 0.217 e. The molecule has 0 saturated carbocycles. The predicted molar refractivity (Wildman–Crippen MR) is 124 cm³/mol. The van der Waals surface area contributed by atoms with Crippen LogP contribution < -0.4 is 10.2 Å². The lowest BCUT2D eigenvalue weighted by atomic mass is 10.1. The molecule has 0 aromatic carbocycles. The average Bonchev–Trinajstić information content (AvgIpc) is 3.02. The average molecular weight is 495 g/mol. The molecule has 0 amide bonds. The second-order valence-electron chi connectivity index (χ2n) is 7.60. The first-order valence-corrected chi connectivity index (χ1v) is 10.5. The number of fused-ring (bicyclic) bond motifs is 1. The predicted octanol–water partition coefficient (Wildman–Crippen LogP) is 3.40. The van der Waals surface area contributed by atoms with Gasteiger partial charge in [0.2, 0.25) is 5.95 Å². The van der Waals surface area contributed by atoms with E-state index in [9.17, 15) is 4.39 Å². The molecule has 7 nitrogen and oxygen atoms in total. The maximum atomic E-state index is 13.9. The molecule has 3 aromatic rings. The summed E-state index contributed by atoms with van der Waals surface area (Å²) in [5, 5.41) is 3.25. The molecule has 3 aromatic heterocycles. The van der Waals surface area contributed by atoms with E-state index in [1.54, 1.807) is 6.20 Å². The van der Waals surface area contributed by atoms with Gasteiger partial charge in [0.15, 0.2) is 5.65 Å². The summed E-state index contributed by atoms with van der Waals surface area (Å²) in [4.78, 5) is 13.6. The van der Waals surface area contributed by atoms with Gasteiger partial charge in [0.1, 0.15) is 5.82 Å². The molecule has 2 aliphatic rings. The third kappa shape index (κ3) is 4.01. The fourth-order valence-corrected chi connectivity index (χ4v) is 4.45. The van der Waals surface area contributed by atoms with Crippen LogP contribution in [0, 0.1) is 5.95 Å². The summed E-state index contributed by atoms with van der Waals surface area (Å²) in [6.45, 7) is 7.03. The highest BCUT2D eigenvalue weighted by Gasteiger charge is 2.32. The monoisotopic (exact) mass is 494 g/mol. The molecule has 1 atom stereocenters. The van der Waals surface area contributed by atoms with E-state index in [0.717, 1.165) is 43.0 Å². The van der Waals surface area contributed by atoms with Crippen LogP contribution >= 0.6 is 29.4 Å². The van der Waals surface area contributed by atoms with Crippen molar-refractivity contribution < 1.29 is 9.13 Å². The van der Waals surface area contributed by atoms with Gasteiger partial charge in [0.05, 0.1) is 43.0 Å². The van der Waals surface area contributed by atoms with Gasteiger partial charge in [0.25, 0.3) is 0 Å². The van der Waals surface area contributed by atoms with Crippen LogP contribution in [-0.4, -0.2) is 64.2 Å². The molecule has 5 rings (SSSR count). The quantitative estimate of drug-likeness (QED) is 0.599. The first-order valence-electron chi connectivity index (χ1n) is 9.72. The van der Waals surface area contributed by atoms with Gasteiger partial charge in [-0.25, -0.2) is 9.97 Å². The molecule has 0 spiro atoms. The molecule has 2 aliphatic heterocycles. The molecule has 2 saturated heterocycles. The summed E-state index contributed by atoms with van der Waals surface area (Å²) in [6, 6.07) is 6.89. The first-order chi connectivity index (χ1) is 14.1. The van der Waals surface area contributed by atoms with E-state index in [1.165, 1.54) is 10.6 Å². The number of ether oxygens (including phenoxy) is 1. The Morgan fingerprint density at radius 3 is 2.70 bits per heavy atom. The lowest BCUT2D eigenvalue weighted by Crippen LogP contribution is -2.59. The summed E-state index contributed by atoms with van der Waals surface area (Å²) in [7, 11) is 0. The third-order valence-corrected chi connectivity index (χ3v) is 6.10. The van der Waals surface area contributed by atoms with Crippen molar-refractivity contribution in [3.8, 4) is 0 Å². The molecule has 0 unspecified atom stereocenters. The van der Waals surface area contributed by atoms with Crippen LogP contribution in [-0.2, 0) is 4.74 Å². The fraction of sp³-hybridized carbons (Fsp3) is 0.400. The number of nitrogens with zero attached hydrogens (tertiary/aromatic N) is 5. The molecule has 0 radical (unpaired) electrons. The number of aromatic nitrogens is 3. The van der Waals surface area contributed by atoms with Gasteiger partial charge in [-0.1, -0.05) is 0 Å². The summed E-state index contributed by atoms with van der Waals surface area (Å²) >= 11 is 3.42. The summed E-state index contributed by atoms with van der Waals surface area (Å²) < 4.78 is 21.3. The molecule has 5 heterocycles. The van der Waals surface area contributed by atoms with Gasteiger partial charge < -0.3 is 15.0 Å². The zero-order valence-corrected chi connectivity index (χ0v) is 19.1. The van der Waals surface area contributed by atoms with Crippen molar-refractivity contribution in [2.75, 3.05) is 43.1 Å². The van der Waals surface area contributed by atoms with Crippen LogP contribution in [0.25, 0.3) is 5.65 Å². The number of imidazole rings is 1. The highest BCUT2D eigenvalue weighted by atomic mass is 79.9. The van der Waals surface area contributed by atoms with Crippen LogP contribution in [0.15, 0.2) is 41.3 Å². The molecule has 30 heavy (non-hydrogen) atoms. The molecular weight excluding hydrogens is 471 g/mol. The van der Waals surface area contributed by atoms with Crippen molar-refractivity contribution in [2.45, 2.75) is 19.0 Å². The maximum absolute atomic E-state index is 13.9. The highest BCUT2D eigenvalue weighted by Crippen LogP contribution is 2.27. The Morgan fingerprint density at radius 2 is 2.03 bits per heavy atom. The van der Waals surface area contributed by atoms with Crippen LogP contribution in [0.3, 0.4) is 0 Å². The number of halogens is 2. The van der Waals surface area contributed by atoms with Crippen LogP contribution in [0.2, 0.25) is 0 Å². The van der Waals surface area contributed by atoms with Gasteiger partial charge in [-0.05, 0) is 41.1 Å². The third-order valence-electron chi connectivity index (χ3n) is 5.67. The SMILES string of the molecule is C[C@H]1CN(C2COC2)CCN1c1ccc(Nc2cc(Br)cn3c(F)cnc23)nc1.S. The minimum atomic E-state index is -0.408. The van der Waals surface area contributed by atoms with E-state index < -0.39 is 5.95 Å². The van der Waals surface area contributed by atoms with E-state index in [2.05, 4.69) is 54.0 Å². The molecule has 0 aliphatic carbocycles. The Balaban J connectivity index is 0.00000218. The molecule has 2 fully saturated rings. The number of pyridine rings is 2. The minimum Gasteiger partial charge on any atom is -0.378 e. The Bertz CT molecular complexity index is 1030. The van der Waals surface area contributed by atoms with E-state index in [-0.39, 0.29) is 13.5 Å². The number of rotatable bonds is 4. The number of nitrogens with one attached hydrogen (secondary N) is 1. The lowest BCUT2D eigenvalue weighted by molar-refractivity contribution is -0.0691. The van der Waals surface area contributed by atoms with E-state index >= 15 is 0 Å². The molecular formula is C20H24BrFN6OS. The smallest absolute Gasteiger partial charge is 0.217 e. The number of hydrogen-bond donors (Lipinski definition) is 1. The van der Waals surface area contributed by atoms with Gasteiger partial charge in [-0.15, -0.1) is 0 Å². The Labute approximate surface area is 189 Å². The van der Waals surface area contributed by atoms with Crippen LogP contribution in [0.4, 0.5) is 21.6 Å². The first kappa shape index (κ1) is 21.4. The molecule has 0 bridgehead atoms. The fourth-order valence-electron chi connectivity index (χ4n) is 4.02. The molecule has 10 heteroatoms. The van der Waals surface area contributed by atoms with Gasteiger partial charge in [-0.2, -0.15) is 17.9 Å². The second-order valence-corrected chi connectivity index (χ2v) is 8.52. The summed E-state index contributed by atoms with van der Waals surface area (Å²) in [5.74, 6) is 0.282. The van der Waals surface area contributed by atoms with Crippen LogP contribution in [0.1, 0.15) is 6.92 Å². The largest absolute Gasteiger partial charge is 0.378 e. The van der Waals surface area contributed by atoms with Crippen molar-refractivity contribution in [2.24, 2.45) is 0 Å². The number of piperazine rings is 1.